The summed E-state index contributed by atoms with van der Waals surface area (Å²) in [6, 6.07) is 5.12. The van der Waals surface area contributed by atoms with E-state index in [1.807, 2.05) is 18.2 Å². The van der Waals surface area contributed by atoms with Crippen LogP contribution in [0, 0.1) is 0 Å². The van der Waals surface area contributed by atoms with Gasteiger partial charge in [0.2, 0.25) is 0 Å². The van der Waals surface area contributed by atoms with Crippen LogP contribution in [0.5, 0.6) is 0 Å². The van der Waals surface area contributed by atoms with Crippen LogP contribution in [0.25, 0.3) is 0 Å². The van der Waals surface area contributed by atoms with Crippen LogP contribution in [-0.4, -0.2) is 12.5 Å². The average molecular weight is 262 g/mol. The topological polar surface area (TPSA) is 12.0 Å². The van der Waals surface area contributed by atoms with E-state index in [9.17, 15) is 8.78 Å². The summed E-state index contributed by atoms with van der Waals surface area (Å²) in [5.41, 5.74) is 2.13. The van der Waals surface area contributed by atoms with E-state index in [0.717, 1.165) is 15.6 Å². The van der Waals surface area contributed by atoms with E-state index < -0.39 is 12.5 Å². The molecule has 1 unspecified atom stereocenters. The van der Waals surface area contributed by atoms with Crippen molar-refractivity contribution in [3.05, 3.63) is 33.8 Å². The van der Waals surface area contributed by atoms with Gasteiger partial charge in [-0.15, -0.1) is 0 Å². The van der Waals surface area contributed by atoms with Gasteiger partial charge < -0.3 is 5.32 Å². The summed E-state index contributed by atoms with van der Waals surface area (Å²) >= 11 is 3.34. The van der Waals surface area contributed by atoms with E-state index in [-0.39, 0.29) is 0 Å². The molecule has 1 aliphatic rings. The van der Waals surface area contributed by atoms with Crippen molar-refractivity contribution in [1.29, 1.82) is 0 Å². The number of fused-ring (bicyclic) bond motifs is 1. The summed E-state index contributed by atoms with van der Waals surface area (Å²) in [5.74, 6) is 0. The van der Waals surface area contributed by atoms with Gasteiger partial charge in [0, 0.05) is 11.0 Å². The standard InChI is InChI=1S/C10H10BrF2N/c11-8-2-1-6-5-14-9(10(12)13)4-7(6)3-8/h1-3,9-10,14H,4-5H2. The molecule has 1 nitrogen and oxygen atoms in total. The Morgan fingerprint density at radius 3 is 2.86 bits per heavy atom. The van der Waals surface area contributed by atoms with Crippen LogP contribution in [0.15, 0.2) is 22.7 Å². The first-order valence-electron chi connectivity index (χ1n) is 4.45. The summed E-state index contributed by atoms with van der Waals surface area (Å²) in [5, 5.41) is 2.83. The minimum absolute atomic E-state index is 0.409. The molecular formula is C10H10BrF2N. The summed E-state index contributed by atoms with van der Waals surface area (Å²) in [4.78, 5) is 0. The van der Waals surface area contributed by atoms with Gasteiger partial charge in [-0.05, 0) is 29.7 Å². The number of halogens is 3. The van der Waals surface area contributed by atoms with Gasteiger partial charge >= 0.3 is 0 Å². The number of hydrogen-bond acceptors (Lipinski definition) is 1. The second-order valence-corrected chi connectivity index (χ2v) is 4.35. The van der Waals surface area contributed by atoms with Crippen molar-refractivity contribution in [3.8, 4) is 0 Å². The van der Waals surface area contributed by atoms with Crippen molar-refractivity contribution < 1.29 is 8.78 Å². The molecule has 1 aromatic rings. The van der Waals surface area contributed by atoms with E-state index in [1.54, 1.807) is 0 Å². The zero-order valence-corrected chi connectivity index (χ0v) is 9.02. The SMILES string of the molecule is FC(F)C1Cc2cc(Br)ccc2CN1. The second-order valence-electron chi connectivity index (χ2n) is 3.44. The predicted molar refractivity (Wildman–Crippen MR) is 54.5 cm³/mol. The maximum atomic E-state index is 12.4. The van der Waals surface area contributed by atoms with E-state index in [1.165, 1.54) is 0 Å². The first kappa shape index (κ1) is 10.1. The Hall–Kier alpha value is -0.480. The van der Waals surface area contributed by atoms with E-state index >= 15 is 0 Å². The van der Waals surface area contributed by atoms with Gasteiger partial charge in [-0.1, -0.05) is 22.0 Å². The average Bonchev–Trinajstić information content (AvgIpc) is 2.16. The molecule has 0 radical (unpaired) electrons. The second kappa shape index (κ2) is 3.95. The lowest BCUT2D eigenvalue weighted by molar-refractivity contribution is 0.0942. The quantitative estimate of drug-likeness (QED) is 0.820. The van der Waals surface area contributed by atoms with Gasteiger partial charge in [0.15, 0.2) is 0 Å². The van der Waals surface area contributed by atoms with Gasteiger partial charge in [-0.25, -0.2) is 8.78 Å². The summed E-state index contributed by atoms with van der Waals surface area (Å²) in [7, 11) is 0. The molecule has 76 valence electrons. The number of nitrogens with one attached hydrogen (secondary N) is 1. The number of alkyl halides is 2. The minimum atomic E-state index is -2.29. The Bertz CT molecular complexity index is 341. The van der Waals surface area contributed by atoms with Crippen molar-refractivity contribution in [3.63, 3.8) is 0 Å². The maximum Gasteiger partial charge on any atom is 0.254 e. The molecule has 0 amide bonds. The normalized spacial score (nSPS) is 21.0. The smallest absolute Gasteiger partial charge is 0.254 e. The van der Waals surface area contributed by atoms with Crippen molar-refractivity contribution in [2.75, 3.05) is 0 Å². The zero-order valence-electron chi connectivity index (χ0n) is 7.43. The summed E-state index contributed by atoms with van der Waals surface area (Å²) in [6.45, 7) is 0.539. The molecule has 0 bridgehead atoms. The molecule has 2 rings (SSSR count). The monoisotopic (exact) mass is 261 g/mol. The molecule has 0 fully saturated rings. The Kier molecular flexibility index (Phi) is 2.83. The maximum absolute atomic E-state index is 12.4. The molecule has 0 saturated carbocycles. The molecule has 4 heteroatoms. The Balaban J connectivity index is 2.24. The molecule has 1 atom stereocenters. The van der Waals surface area contributed by atoms with Gasteiger partial charge in [0.05, 0.1) is 6.04 Å². The molecule has 1 aliphatic heterocycles. The minimum Gasteiger partial charge on any atom is -0.304 e. The highest BCUT2D eigenvalue weighted by molar-refractivity contribution is 9.10. The summed E-state index contributed by atoms with van der Waals surface area (Å²) in [6.07, 6.45) is -1.88. The fourth-order valence-electron chi connectivity index (χ4n) is 1.69. The molecular weight excluding hydrogens is 252 g/mol. The molecule has 0 saturated heterocycles. The number of benzene rings is 1. The van der Waals surface area contributed by atoms with Crippen molar-refractivity contribution in [2.24, 2.45) is 0 Å². The highest BCUT2D eigenvalue weighted by Crippen LogP contribution is 2.23. The van der Waals surface area contributed by atoms with Gasteiger partial charge in [-0.3, -0.25) is 0 Å². The molecule has 0 spiro atoms. The lowest BCUT2D eigenvalue weighted by Gasteiger charge is -2.25. The van der Waals surface area contributed by atoms with E-state index in [0.29, 0.717) is 13.0 Å². The largest absolute Gasteiger partial charge is 0.304 e. The third-order valence-electron chi connectivity index (χ3n) is 2.47. The van der Waals surface area contributed by atoms with Gasteiger partial charge in [-0.2, -0.15) is 0 Å². The molecule has 0 aliphatic carbocycles. The lowest BCUT2D eigenvalue weighted by Crippen LogP contribution is -2.40. The predicted octanol–water partition coefficient (Wildman–Crippen LogP) is 2.73. The number of hydrogen-bond donors (Lipinski definition) is 1. The fraction of sp³-hybridized carbons (Fsp3) is 0.400. The van der Waals surface area contributed by atoms with Crippen LogP contribution in [0.4, 0.5) is 8.78 Å². The Morgan fingerprint density at radius 1 is 1.36 bits per heavy atom. The molecule has 1 heterocycles. The molecule has 14 heavy (non-hydrogen) atoms. The van der Waals surface area contributed by atoms with Crippen molar-refractivity contribution in [1.82, 2.24) is 5.32 Å². The molecule has 1 aromatic carbocycles. The van der Waals surface area contributed by atoms with Crippen LogP contribution < -0.4 is 5.32 Å². The van der Waals surface area contributed by atoms with E-state index in [4.69, 9.17) is 0 Å². The van der Waals surface area contributed by atoms with Crippen LogP contribution in [-0.2, 0) is 13.0 Å². The Morgan fingerprint density at radius 2 is 2.14 bits per heavy atom. The highest BCUT2D eigenvalue weighted by Gasteiger charge is 2.25. The molecule has 0 aromatic heterocycles. The fourth-order valence-corrected chi connectivity index (χ4v) is 2.09. The van der Waals surface area contributed by atoms with Crippen molar-refractivity contribution >= 4 is 15.9 Å². The molecule has 1 N–H and O–H groups in total. The summed E-state index contributed by atoms with van der Waals surface area (Å²) < 4.78 is 25.8. The van der Waals surface area contributed by atoms with Crippen LogP contribution in [0.3, 0.4) is 0 Å². The van der Waals surface area contributed by atoms with E-state index in [2.05, 4.69) is 21.2 Å². The Labute approximate surface area is 89.6 Å². The van der Waals surface area contributed by atoms with Crippen molar-refractivity contribution in [2.45, 2.75) is 25.4 Å². The third-order valence-corrected chi connectivity index (χ3v) is 2.96. The highest BCUT2D eigenvalue weighted by atomic mass is 79.9. The number of rotatable bonds is 1. The lowest BCUT2D eigenvalue weighted by atomic mass is 9.96. The van der Waals surface area contributed by atoms with Crippen LogP contribution >= 0.6 is 15.9 Å². The first-order chi connectivity index (χ1) is 6.66. The zero-order chi connectivity index (χ0) is 10.1. The van der Waals surface area contributed by atoms with Gasteiger partial charge in [0.25, 0.3) is 6.43 Å². The van der Waals surface area contributed by atoms with Crippen LogP contribution in [0.1, 0.15) is 11.1 Å². The third kappa shape index (κ3) is 1.96. The van der Waals surface area contributed by atoms with Gasteiger partial charge in [0.1, 0.15) is 0 Å². The first-order valence-corrected chi connectivity index (χ1v) is 5.25. The van der Waals surface area contributed by atoms with Crippen LogP contribution in [0.2, 0.25) is 0 Å².